The van der Waals surface area contributed by atoms with Crippen molar-refractivity contribution in [2.45, 2.75) is 13.3 Å². The van der Waals surface area contributed by atoms with E-state index in [-0.39, 0.29) is 18.4 Å². The first-order valence-electron chi connectivity index (χ1n) is 3.78. The smallest absolute Gasteiger partial charge is 0.226 e. The zero-order valence-corrected chi connectivity index (χ0v) is 6.87. The maximum atomic E-state index is 11.3. The number of carbonyl (C=O) groups excluding carboxylic acids is 1. The van der Waals surface area contributed by atoms with Crippen LogP contribution in [0.3, 0.4) is 0 Å². The normalized spacial score (nSPS) is 27.4. The Balaban J connectivity index is 2.37. The van der Waals surface area contributed by atoms with Crippen LogP contribution in [0.2, 0.25) is 0 Å². The molecule has 0 spiro atoms. The van der Waals surface area contributed by atoms with E-state index in [0.29, 0.717) is 5.92 Å². The van der Waals surface area contributed by atoms with E-state index in [0.717, 1.165) is 6.42 Å². The summed E-state index contributed by atoms with van der Waals surface area (Å²) in [6, 6.07) is 1.95. The Bertz CT molecular complexity index is 207. The van der Waals surface area contributed by atoms with E-state index in [4.69, 9.17) is 5.26 Å². The van der Waals surface area contributed by atoms with Gasteiger partial charge in [-0.1, -0.05) is 6.92 Å². The van der Waals surface area contributed by atoms with Crippen molar-refractivity contribution in [2.75, 3.05) is 13.6 Å². The molecule has 0 saturated heterocycles. The van der Waals surface area contributed by atoms with Gasteiger partial charge < -0.3 is 4.90 Å². The quantitative estimate of drug-likeness (QED) is 0.544. The lowest BCUT2D eigenvalue weighted by atomic mass is 10.3. The van der Waals surface area contributed by atoms with Crippen molar-refractivity contribution in [3.63, 3.8) is 0 Å². The molecule has 1 saturated carbocycles. The minimum absolute atomic E-state index is 0.124. The van der Waals surface area contributed by atoms with E-state index in [1.165, 1.54) is 4.90 Å². The van der Waals surface area contributed by atoms with Gasteiger partial charge in [-0.3, -0.25) is 4.79 Å². The molecule has 0 aromatic rings. The Hall–Kier alpha value is -1.04. The van der Waals surface area contributed by atoms with E-state index < -0.39 is 0 Å². The first-order valence-corrected chi connectivity index (χ1v) is 3.78. The van der Waals surface area contributed by atoms with Crippen LogP contribution in [0, 0.1) is 23.2 Å². The minimum atomic E-state index is 0.124. The molecule has 0 unspecified atom stereocenters. The maximum Gasteiger partial charge on any atom is 0.226 e. The van der Waals surface area contributed by atoms with Crippen LogP contribution in [0.15, 0.2) is 0 Å². The zero-order valence-electron chi connectivity index (χ0n) is 6.87. The number of amides is 1. The predicted molar refractivity (Wildman–Crippen MR) is 40.5 cm³/mol. The molecule has 1 aliphatic carbocycles. The third kappa shape index (κ3) is 1.70. The van der Waals surface area contributed by atoms with Crippen molar-refractivity contribution < 1.29 is 4.79 Å². The molecule has 0 radical (unpaired) electrons. The number of rotatable bonds is 2. The summed E-state index contributed by atoms with van der Waals surface area (Å²) in [7, 11) is 1.68. The second-order valence-electron chi connectivity index (χ2n) is 3.17. The maximum absolute atomic E-state index is 11.3. The van der Waals surface area contributed by atoms with Crippen molar-refractivity contribution in [2.24, 2.45) is 11.8 Å². The Kier molecular flexibility index (Phi) is 2.13. The molecule has 60 valence electrons. The fraction of sp³-hybridized carbons (Fsp3) is 0.750. The Morgan fingerprint density at radius 1 is 1.82 bits per heavy atom. The highest BCUT2D eigenvalue weighted by molar-refractivity contribution is 5.81. The molecule has 0 aromatic heterocycles. The summed E-state index contributed by atoms with van der Waals surface area (Å²) >= 11 is 0. The van der Waals surface area contributed by atoms with Gasteiger partial charge >= 0.3 is 0 Å². The summed E-state index contributed by atoms with van der Waals surface area (Å²) in [6.45, 7) is 2.27. The van der Waals surface area contributed by atoms with Crippen LogP contribution in [0.1, 0.15) is 13.3 Å². The van der Waals surface area contributed by atoms with Gasteiger partial charge in [0.1, 0.15) is 6.54 Å². The van der Waals surface area contributed by atoms with Crippen LogP contribution in [0.25, 0.3) is 0 Å². The Labute approximate surface area is 66.6 Å². The molecule has 3 nitrogen and oxygen atoms in total. The Morgan fingerprint density at radius 2 is 2.36 bits per heavy atom. The SMILES string of the molecule is C[C@@H]1C[C@H]1C(=O)N(C)CC#N. The zero-order chi connectivity index (χ0) is 8.43. The third-order valence-electron chi connectivity index (χ3n) is 2.11. The van der Waals surface area contributed by atoms with Gasteiger partial charge in [-0.15, -0.1) is 0 Å². The number of hydrogen-bond acceptors (Lipinski definition) is 2. The summed E-state index contributed by atoms with van der Waals surface area (Å²) in [5.74, 6) is 0.857. The van der Waals surface area contributed by atoms with Crippen LogP contribution in [0.5, 0.6) is 0 Å². The number of carbonyl (C=O) groups is 1. The summed E-state index contributed by atoms with van der Waals surface area (Å²) in [5, 5.41) is 8.31. The molecule has 1 fully saturated rings. The topological polar surface area (TPSA) is 44.1 Å². The number of nitrogens with zero attached hydrogens (tertiary/aromatic N) is 2. The molecule has 1 rings (SSSR count). The fourth-order valence-electron chi connectivity index (χ4n) is 1.13. The second kappa shape index (κ2) is 2.91. The predicted octanol–water partition coefficient (Wildman–Crippen LogP) is 0.624. The average molecular weight is 152 g/mol. The highest BCUT2D eigenvalue weighted by Gasteiger charge is 2.40. The molecule has 11 heavy (non-hydrogen) atoms. The van der Waals surface area contributed by atoms with Crippen LogP contribution in [0.4, 0.5) is 0 Å². The van der Waals surface area contributed by atoms with Gasteiger partial charge in [-0.25, -0.2) is 0 Å². The van der Waals surface area contributed by atoms with Crippen molar-refractivity contribution >= 4 is 5.91 Å². The van der Waals surface area contributed by atoms with Crippen molar-refractivity contribution in [3.05, 3.63) is 0 Å². The molecule has 2 atom stereocenters. The van der Waals surface area contributed by atoms with Gasteiger partial charge in [0.2, 0.25) is 5.91 Å². The molecule has 0 aliphatic heterocycles. The van der Waals surface area contributed by atoms with Crippen LogP contribution in [-0.2, 0) is 4.79 Å². The van der Waals surface area contributed by atoms with Crippen LogP contribution in [-0.4, -0.2) is 24.4 Å². The van der Waals surface area contributed by atoms with E-state index in [1.807, 2.05) is 6.07 Å². The monoisotopic (exact) mass is 152 g/mol. The van der Waals surface area contributed by atoms with Crippen molar-refractivity contribution in [3.8, 4) is 6.07 Å². The first-order chi connectivity index (χ1) is 5.16. The van der Waals surface area contributed by atoms with E-state index in [1.54, 1.807) is 7.05 Å². The lowest BCUT2D eigenvalue weighted by molar-refractivity contribution is -0.130. The van der Waals surface area contributed by atoms with Gasteiger partial charge in [-0.05, 0) is 12.3 Å². The summed E-state index contributed by atoms with van der Waals surface area (Å²) < 4.78 is 0. The number of hydrogen-bond donors (Lipinski definition) is 0. The van der Waals surface area contributed by atoms with Gasteiger partial charge in [0.15, 0.2) is 0 Å². The van der Waals surface area contributed by atoms with E-state index in [2.05, 4.69) is 6.92 Å². The van der Waals surface area contributed by atoms with Crippen LogP contribution < -0.4 is 0 Å². The largest absolute Gasteiger partial charge is 0.332 e. The molecule has 0 heterocycles. The lowest BCUT2D eigenvalue weighted by Gasteiger charge is -2.11. The van der Waals surface area contributed by atoms with Crippen molar-refractivity contribution in [1.29, 1.82) is 5.26 Å². The molecule has 3 heteroatoms. The highest BCUT2D eigenvalue weighted by atomic mass is 16.2. The first kappa shape index (κ1) is 8.06. The fourth-order valence-corrected chi connectivity index (χ4v) is 1.13. The molecular weight excluding hydrogens is 140 g/mol. The summed E-state index contributed by atoms with van der Waals surface area (Å²) in [6.07, 6.45) is 0.995. The van der Waals surface area contributed by atoms with E-state index in [9.17, 15) is 4.79 Å². The molecule has 1 aliphatic rings. The minimum Gasteiger partial charge on any atom is -0.332 e. The number of nitriles is 1. The molecule has 1 amide bonds. The average Bonchev–Trinajstić information content (AvgIpc) is 2.66. The Morgan fingerprint density at radius 3 is 2.73 bits per heavy atom. The molecule has 0 bridgehead atoms. The molecular formula is C8H12N2O. The standard InChI is InChI=1S/C8H12N2O/c1-6-5-7(6)8(11)10(2)4-3-9/h6-7H,4-5H2,1-2H3/t6-,7-/m1/s1. The summed E-state index contributed by atoms with van der Waals surface area (Å²) in [5.41, 5.74) is 0. The summed E-state index contributed by atoms with van der Waals surface area (Å²) in [4.78, 5) is 12.8. The van der Waals surface area contributed by atoms with Gasteiger partial charge in [0.25, 0.3) is 0 Å². The lowest BCUT2D eigenvalue weighted by Crippen LogP contribution is -2.28. The van der Waals surface area contributed by atoms with Gasteiger partial charge in [0, 0.05) is 13.0 Å². The highest BCUT2D eigenvalue weighted by Crippen LogP contribution is 2.38. The van der Waals surface area contributed by atoms with Crippen LogP contribution >= 0.6 is 0 Å². The molecule has 0 N–H and O–H groups in total. The second-order valence-corrected chi connectivity index (χ2v) is 3.17. The van der Waals surface area contributed by atoms with Crippen molar-refractivity contribution in [1.82, 2.24) is 4.90 Å². The van der Waals surface area contributed by atoms with Gasteiger partial charge in [-0.2, -0.15) is 5.26 Å². The van der Waals surface area contributed by atoms with Gasteiger partial charge in [0.05, 0.1) is 6.07 Å². The molecule has 0 aromatic carbocycles. The van der Waals surface area contributed by atoms with E-state index >= 15 is 0 Å². The third-order valence-corrected chi connectivity index (χ3v) is 2.11.